The van der Waals surface area contributed by atoms with Crippen molar-refractivity contribution in [2.75, 3.05) is 78.8 Å². The molecule has 0 spiro atoms. The lowest BCUT2D eigenvalue weighted by Crippen LogP contribution is -2.49. The zero-order chi connectivity index (χ0) is 30.0. The first-order valence-electron chi connectivity index (χ1n) is 15.6. The van der Waals surface area contributed by atoms with Crippen LogP contribution in [0.25, 0.3) is 6.08 Å². The second kappa shape index (κ2) is 15.7. The molecule has 0 amide bonds. The fourth-order valence-electron chi connectivity index (χ4n) is 5.76. The van der Waals surface area contributed by atoms with Crippen LogP contribution in [0.1, 0.15) is 16.7 Å². The van der Waals surface area contributed by atoms with E-state index in [4.69, 9.17) is 24.3 Å². The van der Waals surface area contributed by atoms with Crippen LogP contribution in [0.4, 0.5) is 5.69 Å². The number of morpholine rings is 1. The van der Waals surface area contributed by atoms with Crippen LogP contribution in [0.2, 0.25) is 0 Å². The Balaban J connectivity index is 0.000000173. The average Bonchev–Trinajstić information content (AvgIpc) is 3.50. The molecule has 1 unspecified atom stereocenters. The number of ether oxygens (including phenoxy) is 3. The Morgan fingerprint density at radius 3 is 2.64 bits per heavy atom. The molecule has 8 nitrogen and oxygen atoms in total. The normalized spacial score (nSPS) is 19.2. The summed E-state index contributed by atoms with van der Waals surface area (Å²) in [6.07, 6.45) is 5.49. The number of fused-ring (bicyclic) bond motifs is 3. The highest BCUT2D eigenvalue weighted by Gasteiger charge is 2.25. The molecular weight excluding hydrogens is 572 g/mol. The second-order valence-corrected chi connectivity index (χ2v) is 12.2. The van der Waals surface area contributed by atoms with Crippen molar-refractivity contribution < 1.29 is 19.3 Å². The highest BCUT2D eigenvalue weighted by atomic mass is 32.2. The number of hydrogen-bond donors (Lipinski definition) is 2. The third-order valence-corrected chi connectivity index (χ3v) is 9.26. The first-order chi connectivity index (χ1) is 21.8. The molecule has 3 heterocycles. The van der Waals surface area contributed by atoms with E-state index in [2.05, 4.69) is 81.9 Å². The number of rotatable bonds is 8. The van der Waals surface area contributed by atoms with Crippen molar-refractivity contribution >= 4 is 29.4 Å². The summed E-state index contributed by atoms with van der Waals surface area (Å²) in [6.45, 7) is 9.25. The Morgan fingerprint density at radius 2 is 1.80 bits per heavy atom. The Hall–Kier alpha value is -3.18. The highest BCUT2D eigenvalue weighted by molar-refractivity contribution is 7.99. The summed E-state index contributed by atoms with van der Waals surface area (Å²) >= 11 is 1.80. The average molecular weight is 615 g/mol. The van der Waals surface area contributed by atoms with Crippen molar-refractivity contribution in [3.8, 4) is 5.75 Å². The Bertz CT molecular complexity index is 1430. The van der Waals surface area contributed by atoms with Gasteiger partial charge in [-0.2, -0.15) is 0 Å². The van der Waals surface area contributed by atoms with Gasteiger partial charge in [0.1, 0.15) is 24.3 Å². The first kappa shape index (κ1) is 30.8. The smallest absolute Gasteiger partial charge is 0.137 e. The van der Waals surface area contributed by atoms with Crippen molar-refractivity contribution in [2.45, 2.75) is 22.3 Å². The number of aliphatic hydroxyl groups is 1. The zero-order valence-electron chi connectivity index (χ0n) is 25.2. The summed E-state index contributed by atoms with van der Waals surface area (Å²) in [5.74, 6) is 2.08. The molecule has 7 rings (SSSR count). The minimum Gasteiger partial charge on any atom is -0.491 e. The summed E-state index contributed by atoms with van der Waals surface area (Å²) in [5.41, 5.74) is 4.86. The SMILES string of the molecule is C1=Cc2cccc(OCC3CNCCO3)c2C1.OCCOCCN1CCN(C2=Nc3ccccc3Sc3ccccc32)CC1. The molecule has 1 aliphatic carbocycles. The topological polar surface area (TPSA) is 78.8 Å². The Labute approximate surface area is 264 Å². The number of nitrogens with zero attached hydrogens (tertiary/aromatic N) is 3. The summed E-state index contributed by atoms with van der Waals surface area (Å²) in [6, 6.07) is 23.2. The van der Waals surface area contributed by atoms with Crippen LogP contribution < -0.4 is 10.1 Å². The van der Waals surface area contributed by atoms with Gasteiger partial charge >= 0.3 is 0 Å². The van der Waals surface area contributed by atoms with Gasteiger partial charge in [0.25, 0.3) is 0 Å². The molecule has 232 valence electrons. The molecule has 0 aromatic heterocycles. The molecular formula is C35H42N4O4S. The van der Waals surface area contributed by atoms with Gasteiger partial charge in [-0.15, -0.1) is 0 Å². The molecule has 3 aromatic carbocycles. The van der Waals surface area contributed by atoms with Crippen molar-refractivity contribution in [3.63, 3.8) is 0 Å². The first-order valence-corrected chi connectivity index (χ1v) is 16.4. The van der Waals surface area contributed by atoms with Crippen LogP contribution in [0.5, 0.6) is 5.75 Å². The number of nitrogens with one attached hydrogen (secondary N) is 1. The van der Waals surface area contributed by atoms with Gasteiger partial charge in [0.2, 0.25) is 0 Å². The van der Waals surface area contributed by atoms with E-state index in [1.165, 1.54) is 26.5 Å². The molecule has 3 aliphatic heterocycles. The van der Waals surface area contributed by atoms with E-state index in [1.807, 2.05) is 12.1 Å². The lowest BCUT2D eigenvalue weighted by atomic mass is 10.1. The molecule has 0 saturated carbocycles. The quantitative estimate of drug-likeness (QED) is 0.360. The number of piperazine rings is 1. The van der Waals surface area contributed by atoms with E-state index in [9.17, 15) is 0 Å². The van der Waals surface area contributed by atoms with E-state index in [1.54, 1.807) is 11.8 Å². The van der Waals surface area contributed by atoms with Gasteiger partial charge < -0.3 is 29.5 Å². The van der Waals surface area contributed by atoms with Crippen molar-refractivity contribution in [1.82, 2.24) is 15.1 Å². The third-order valence-electron chi connectivity index (χ3n) is 8.12. The number of aliphatic imine (C=N–C) groups is 1. The number of para-hydroxylation sites is 1. The van der Waals surface area contributed by atoms with Gasteiger partial charge in [-0.3, -0.25) is 4.90 Å². The maximum absolute atomic E-state index is 8.79. The predicted octanol–water partition coefficient (Wildman–Crippen LogP) is 4.48. The van der Waals surface area contributed by atoms with Crippen molar-refractivity contribution in [3.05, 3.63) is 89.5 Å². The van der Waals surface area contributed by atoms with Crippen LogP contribution in [-0.2, 0) is 15.9 Å². The van der Waals surface area contributed by atoms with Gasteiger partial charge in [-0.1, -0.05) is 66.4 Å². The Morgan fingerprint density at radius 1 is 0.955 bits per heavy atom. The predicted molar refractivity (Wildman–Crippen MR) is 176 cm³/mol. The number of amidine groups is 1. The van der Waals surface area contributed by atoms with Crippen LogP contribution in [0.15, 0.2) is 87.6 Å². The fraction of sp³-hybridized carbons (Fsp3) is 0.400. The van der Waals surface area contributed by atoms with Crippen LogP contribution in [0, 0.1) is 0 Å². The van der Waals surface area contributed by atoms with E-state index >= 15 is 0 Å². The molecule has 1 atom stereocenters. The molecule has 4 aliphatic rings. The van der Waals surface area contributed by atoms with E-state index in [0.717, 1.165) is 76.1 Å². The number of benzene rings is 3. The van der Waals surface area contributed by atoms with Gasteiger partial charge in [0.15, 0.2) is 0 Å². The highest BCUT2D eigenvalue weighted by Crippen LogP contribution is 2.40. The monoisotopic (exact) mass is 614 g/mol. The van der Waals surface area contributed by atoms with E-state index < -0.39 is 0 Å². The molecule has 3 aromatic rings. The standard InChI is InChI=1S/C21H25N3O2S.C14H17NO2/c25-14-16-26-15-13-23-9-11-24(12-10-23)21-17-5-1-3-7-19(17)27-20-8-4-2-6-18(20)22-21;1-3-11-4-2-6-14(13(11)5-1)17-10-12-9-15-7-8-16-12/h1-8,25H,9-16H2;1-4,6,12,15H,5,7-10H2. The molecule has 0 bridgehead atoms. The maximum atomic E-state index is 8.79. The van der Waals surface area contributed by atoms with Gasteiger partial charge in [-0.25, -0.2) is 4.99 Å². The fourth-order valence-corrected chi connectivity index (χ4v) is 6.78. The van der Waals surface area contributed by atoms with Gasteiger partial charge in [0, 0.05) is 66.7 Å². The lowest BCUT2D eigenvalue weighted by molar-refractivity contribution is 0.0000401. The largest absolute Gasteiger partial charge is 0.491 e. The van der Waals surface area contributed by atoms with Crippen LogP contribution in [-0.4, -0.2) is 106 Å². The molecule has 44 heavy (non-hydrogen) atoms. The summed E-state index contributed by atoms with van der Waals surface area (Å²) in [7, 11) is 0. The van der Waals surface area contributed by atoms with Crippen molar-refractivity contribution in [2.24, 2.45) is 4.99 Å². The molecule has 2 fully saturated rings. The zero-order valence-corrected chi connectivity index (χ0v) is 26.0. The molecule has 0 radical (unpaired) electrons. The molecule has 2 saturated heterocycles. The van der Waals surface area contributed by atoms with E-state index in [-0.39, 0.29) is 12.7 Å². The van der Waals surface area contributed by atoms with Crippen LogP contribution in [0.3, 0.4) is 0 Å². The summed E-state index contributed by atoms with van der Waals surface area (Å²) in [5, 5.41) is 12.1. The number of allylic oxidation sites excluding steroid dienone is 1. The molecule has 2 N–H and O–H groups in total. The Kier molecular flexibility index (Phi) is 11.0. The minimum atomic E-state index is 0.0898. The molecule has 9 heteroatoms. The number of aliphatic hydroxyl groups excluding tert-OH is 1. The summed E-state index contributed by atoms with van der Waals surface area (Å²) < 4.78 is 16.9. The van der Waals surface area contributed by atoms with Gasteiger partial charge in [0.05, 0.1) is 32.1 Å². The minimum absolute atomic E-state index is 0.0898. The van der Waals surface area contributed by atoms with E-state index in [0.29, 0.717) is 19.8 Å². The van der Waals surface area contributed by atoms with Crippen LogP contribution >= 0.6 is 11.8 Å². The summed E-state index contributed by atoms with van der Waals surface area (Å²) in [4.78, 5) is 12.4. The second-order valence-electron chi connectivity index (χ2n) is 11.1. The van der Waals surface area contributed by atoms with Gasteiger partial charge in [-0.05, 0) is 36.2 Å². The number of hydrogen-bond acceptors (Lipinski definition) is 9. The lowest BCUT2D eigenvalue weighted by Gasteiger charge is -2.36. The van der Waals surface area contributed by atoms with Crippen molar-refractivity contribution in [1.29, 1.82) is 0 Å². The maximum Gasteiger partial charge on any atom is 0.137 e. The third kappa shape index (κ3) is 7.90.